The molecular formula is C21H18Br2F3N3O3. The third-order valence-electron chi connectivity index (χ3n) is 4.81. The maximum absolute atomic E-state index is 14.2. The first-order valence-corrected chi connectivity index (χ1v) is 11.0. The Morgan fingerprint density at radius 2 is 1.91 bits per heavy atom. The Labute approximate surface area is 198 Å². The quantitative estimate of drug-likeness (QED) is 0.379. The van der Waals surface area contributed by atoms with Gasteiger partial charge in [-0.25, -0.2) is 0 Å². The zero-order valence-electron chi connectivity index (χ0n) is 17.0. The van der Waals surface area contributed by atoms with Gasteiger partial charge in [0.2, 0.25) is 0 Å². The average Bonchev–Trinajstić information content (AvgIpc) is 3.14. The summed E-state index contributed by atoms with van der Waals surface area (Å²) in [6.45, 7) is 3.60. The number of oxime groups is 1. The van der Waals surface area contributed by atoms with Gasteiger partial charge in [-0.3, -0.25) is 4.79 Å². The number of hydrogen-bond acceptors (Lipinski definition) is 4. The van der Waals surface area contributed by atoms with Crippen molar-refractivity contribution in [2.24, 2.45) is 15.9 Å². The van der Waals surface area contributed by atoms with E-state index in [1.54, 1.807) is 26.0 Å². The highest BCUT2D eigenvalue weighted by Crippen LogP contribution is 2.49. The first-order valence-electron chi connectivity index (χ1n) is 9.37. The molecule has 1 amide bonds. The molecule has 0 saturated heterocycles. The van der Waals surface area contributed by atoms with Crippen molar-refractivity contribution in [1.29, 1.82) is 0 Å². The summed E-state index contributed by atoms with van der Waals surface area (Å²) in [5, 5.41) is 3.76. The van der Waals surface area contributed by atoms with Crippen molar-refractivity contribution in [1.82, 2.24) is 0 Å². The van der Waals surface area contributed by atoms with Gasteiger partial charge in [0.05, 0.1) is 12.3 Å². The summed E-state index contributed by atoms with van der Waals surface area (Å²) in [7, 11) is 0. The molecule has 32 heavy (non-hydrogen) atoms. The van der Waals surface area contributed by atoms with Crippen molar-refractivity contribution in [3.63, 3.8) is 0 Å². The van der Waals surface area contributed by atoms with Crippen LogP contribution in [0.15, 0.2) is 55.5 Å². The molecule has 3 rings (SSSR count). The Morgan fingerprint density at radius 3 is 2.47 bits per heavy atom. The van der Waals surface area contributed by atoms with Crippen molar-refractivity contribution in [2.45, 2.75) is 32.0 Å². The first-order chi connectivity index (χ1) is 15.0. The van der Waals surface area contributed by atoms with E-state index in [4.69, 9.17) is 15.3 Å². The van der Waals surface area contributed by atoms with Crippen LogP contribution in [0.25, 0.3) is 0 Å². The molecule has 0 saturated carbocycles. The summed E-state index contributed by atoms with van der Waals surface area (Å²) in [5.74, 6) is -0.617. The number of carbonyl (C=O) groups is 1. The lowest BCUT2D eigenvalue weighted by molar-refractivity contribution is -0.275. The summed E-state index contributed by atoms with van der Waals surface area (Å²) < 4.78 is 48.4. The highest BCUT2D eigenvalue weighted by atomic mass is 79.9. The van der Waals surface area contributed by atoms with E-state index in [2.05, 4.69) is 42.0 Å². The fourth-order valence-corrected chi connectivity index (χ4v) is 4.56. The SMILES string of the molecule is CCO/C(N)=N\C(=O)c1ccc(C2=NOC(c3cc(Br)cc(Br)c3)(C(F)(F)F)C2)cc1C. The van der Waals surface area contributed by atoms with E-state index in [9.17, 15) is 18.0 Å². The highest BCUT2D eigenvalue weighted by Gasteiger charge is 2.62. The molecule has 0 aliphatic carbocycles. The Balaban J connectivity index is 1.93. The molecule has 0 aromatic heterocycles. The van der Waals surface area contributed by atoms with Crippen molar-refractivity contribution in [3.8, 4) is 0 Å². The topological polar surface area (TPSA) is 86.3 Å². The molecular weight excluding hydrogens is 559 g/mol. The van der Waals surface area contributed by atoms with Gasteiger partial charge in [-0.05, 0) is 55.3 Å². The smallest absolute Gasteiger partial charge is 0.435 e. The van der Waals surface area contributed by atoms with Gasteiger partial charge in [-0.2, -0.15) is 18.2 Å². The molecule has 1 heterocycles. The molecule has 0 bridgehead atoms. The zero-order chi connectivity index (χ0) is 23.7. The molecule has 0 radical (unpaired) electrons. The molecule has 0 spiro atoms. The van der Waals surface area contributed by atoms with Crippen LogP contribution in [-0.4, -0.2) is 30.4 Å². The standard InChI is InChI=1S/C21H18Br2F3N3O3/c1-3-31-19(27)28-18(30)16-5-4-12(6-11(16)2)17-10-20(32-29-17,21(24,25)26)13-7-14(22)9-15(23)8-13/h4-9H,3,10H2,1-2H3,(H2,27,28,30). The number of aliphatic imine (C=N–C) groups is 1. The Hall–Kier alpha value is -2.40. The molecule has 2 aromatic carbocycles. The lowest BCUT2D eigenvalue weighted by Gasteiger charge is -2.29. The van der Waals surface area contributed by atoms with Gasteiger partial charge in [0.15, 0.2) is 0 Å². The van der Waals surface area contributed by atoms with Gasteiger partial charge in [0, 0.05) is 26.5 Å². The van der Waals surface area contributed by atoms with E-state index < -0.39 is 24.1 Å². The predicted octanol–water partition coefficient (Wildman–Crippen LogP) is 5.59. The number of nitrogens with two attached hydrogens (primary N) is 1. The lowest BCUT2D eigenvalue weighted by atomic mass is 9.86. The predicted molar refractivity (Wildman–Crippen MR) is 121 cm³/mol. The van der Waals surface area contributed by atoms with E-state index >= 15 is 0 Å². The second kappa shape index (κ2) is 9.22. The number of amidine groups is 1. The van der Waals surface area contributed by atoms with Crippen LogP contribution in [0.3, 0.4) is 0 Å². The van der Waals surface area contributed by atoms with Crippen LogP contribution in [0.2, 0.25) is 0 Å². The fraction of sp³-hybridized carbons (Fsp3) is 0.286. The maximum atomic E-state index is 14.2. The van der Waals surface area contributed by atoms with Gasteiger partial charge in [-0.15, -0.1) is 0 Å². The van der Waals surface area contributed by atoms with E-state index in [0.717, 1.165) is 0 Å². The summed E-state index contributed by atoms with van der Waals surface area (Å²) in [6, 6.07) is 8.59. The molecule has 6 nitrogen and oxygen atoms in total. The molecule has 1 aliphatic heterocycles. The molecule has 0 fully saturated rings. The number of amides is 1. The molecule has 2 N–H and O–H groups in total. The number of aryl methyl sites for hydroxylation is 1. The highest BCUT2D eigenvalue weighted by molar-refractivity contribution is 9.11. The van der Waals surface area contributed by atoms with Crippen LogP contribution in [0.5, 0.6) is 0 Å². The van der Waals surface area contributed by atoms with E-state index in [1.165, 1.54) is 24.3 Å². The Kier molecular flexibility index (Phi) is 6.99. The van der Waals surface area contributed by atoms with Crippen LogP contribution >= 0.6 is 31.9 Å². The summed E-state index contributed by atoms with van der Waals surface area (Å²) in [4.78, 5) is 21.0. The van der Waals surface area contributed by atoms with Gasteiger partial charge >= 0.3 is 6.18 Å². The maximum Gasteiger partial charge on any atom is 0.435 e. The van der Waals surface area contributed by atoms with E-state index in [0.29, 0.717) is 20.1 Å². The van der Waals surface area contributed by atoms with Crippen LogP contribution in [0.1, 0.15) is 40.4 Å². The third kappa shape index (κ3) is 4.83. The minimum atomic E-state index is -4.73. The summed E-state index contributed by atoms with van der Waals surface area (Å²) >= 11 is 6.44. The minimum Gasteiger partial charge on any atom is -0.465 e. The zero-order valence-corrected chi connectivity index (χ0v) is 20.1. The number of hydrogen-bond donors (Lipinski definition) is 1. The normalized spacial score (nSPS) is 18.8. The van der Waals surface area contributed by atoms with Gasteiger partial charge in [0.1, 0.15) is 0 Å². The number of alkyl halides is 3. The molecule has 2 aromatic rings. The van der Waals surface area contributed by atoms with Crippen molar-refractivity contribution >= 4 is 49.5 Å². The third-order valence-corrected chi connectivity index (χ3v) is 5.72. The number of halogens is 5. The molecule has 1 atom stereocenters. The number of benzene rings is 2. The van der Waals surface area contributed by atoms with E-state index in [-0.39, 0.29) is 29.5 Å². The van der Waals surface area contributed by atoms with Crippen molar-refractivity contribution in [3.05, 3.63) is 67.6 Å². The molecule has 1 unspecified atom stereocenters. The lowest BCUT2D eigenvalue weighted by Crippen LogP contribution is -2.42. The minimum absolute atomic E-state index is 0.0887. The number of rotatable bonds is 4. The molecule has 170 valence electrons. The number of carbonyl (C=O) groups excluding carboxylic acids is 1. The summed E-state index contributed by atoms with van der Waals surface area (Å²) in [6.07, 6.45) is -5.25. The fourth-order valence-electron chi connectivity index (χ4n) is 3.27. The number of ether oxygens (including phenoxy) is 1. The second-order valence-corrected chi connectivity index (χ2v) is 8.84. The van der Waals surface area contributed by atoms with E-state index in [1.807, 2.05) is 0 Å². The monoisotopic (exact) mass is 575 g/mol. The van der Waals surface area contributed by atoms with Crippen molar-refractivity contribution < 1.29 is 27.5 Å². The average molecular weight is 577 g/mol. The van der Waals surface area contributed by atoms with Crippen LogP contribution in [0, 0.1) is 6.92 Å². The van der Waals surface area contributed by atoms with Gasteiger partial charge in [0.25, 0.3) is 17.5 Å². The first kappa shape index (κ1) is 24.2. The van der Waals surface area contributed by atoms with Crippen LogP contribution in [0.4, 0.5) is 13.2 Å². The van der Waals surface area contributed by atoms with Gasteiger partial charge < -0.3 is 15.3 Å². The Bertz CT molecular complexity index is 1100. The second-order valence-electron chi connectivity index (χ2n) is 7.01. The van der Waals surface area contributed by atoms with Crippen LogP contribution in [-0.2, 0) is 15.2 Å². The molecule has 1 aliphatic rings. The van der Waals surface area contributed by atoms with Gasteiger partial charge in [-0.1, -0.05) is 43.1 Å². The molecule has 11 heteroatoms. The number of nitrogens with zero attached hydrogens (tertiary/aromatic N) is 2. The van der Waals surface area contributed by atoms with Crippen molar-refractivity contribution in [2.75, 3.05) is 6.61 Å². The van der Waals surface area contributed by atoms with Crippen LogP contribution < -0.4 is 5.73 Å². The summed E-state index contributed by atoms with van der Waals surface area (Å²) in [5.41, 5.74) is 4.04. The largest absolute Gasteiger partial charge is 0.465 e. The Morgan fingerprint density at radius 1 is 1.25 bits per heavy atom.